The SMILES string of the molecule is COc1cccc(C[C@@H]2C[C@H]([C@H](Cc3ccccc3)NC(=O)OC(C)(C)C)C(=O)O2)c1. The number of ether oxygens (including phenoxy) is 3. The van der Waals surface area contributed by atoms with E-state index in [2.05, 4.69) is 5.32 Å². The molecule has 0 aliphatic carbocycles. The van der Waals surface area contributed by atoms with E-state index in [1.807, 2.05) is 75.4 Å². The molecule has 0 unspecified atom stereocenters. The van der Waals surface area contributed by atoms with Crippen LogP contribution >= 0.6 is 0 Å². The van der Waals surface area contributed by atoms with Crippen LogP contribution in [-0.4, -0.2) is 36.9 Å². The van der Waals surface area contributed by atoms with Crippen LogP contribution in [0.4, 0.5) is 4.79 Å². The number of benzene rings is 2. The summed E-state index contributed by atoms with van der Waals surface area (Å²) in [4.78, 5) is 25.2. The van der Waals surface area contributed by atoms with E-state index in [0.717, 1.165) is 16.9 Å². The number of hydrogen-bond donors (Lipinski definition) is 1. The third-order valence-electron chi connectivity index (χ3n) is 5.19. The first-order valence-corrected chi connectivity index (χ1v) is 10.6. The van der Waals surface area contributed by atoms with Crippen molar-refractivity contribution in [2.45, 2.75) is 57.8 Å². The van der Waals surface area contributed by atoms with Crippen molar-refractivity contribution >= 4 is 12.1 Å². The predicted octanol–water partition coefficient (Wildman–Crippen LogP) is 4.31. The molecule has 1 heterocycles. The molecule has 31 heavy (non-hydrogen) atoms. The number of esters is 1. The highest BCUT2D eigenvalue weighted by Crippen LogP contribution is 2.29. The summed E-state index contributed by atoms with van der Waals surface area (Å²) in [5, 5.41) is 2.92. The van der Waals surface area contributed by atoms with Gasteiger partial charge in [0.1, 0.15) is 17.5 Å². The molecule has 2 aromatic rings. The van der Waals surface area contributed by atoms with Crippen LogP contribution in [0.5, 0.6) is 5.75 Å². The van der Waals surface area contributed by atoms with E-state index in [1.165, 1.54) is 0 Å². The van der Waals surface area contributed by atoms with E-state index < -0.39 is 23.7 Å². The Morgan fingerprint density at radius 1 is 1.13 bits per heavy atom. The molecule has 6 heteroatoms. The number of methoxy groups -OCH3 is 1. The van der Waals surface area contributed by atoms with Crippen LogP contribution in [0.3, 0.4) is 0 Å². The Morgan fingerprint density at radius 3 is 2.52 bits per heavy atom. The summed E-state index contributed by atoms with van der Waals surface area (Å²) in [6.07, 6.45) is 0.875. The van der Waals surface area contributed by atoms with Gasteiger partial charge in [-0.25, -0.2) is 4.79 Å². The summed E-state index contributed by atoms with van der Waals surface area (Å²) in [6, 6.07) is 17.1. The van der Waals surface area contributed by atoms with Gasteiger partial charge >= 0.3 is 12.1 Å². The molecule has 3 rings (SSSR count). The Morgan fingerprint density at radius 2 is 1.84 bits per heavy atom. The van der Waals surface area contributed by atoms with E-state index in [9.17, 15) is 9.59 Å². The van der Waals surface area contributed by atoms with E-state index in [1.54, 1.807) is 7.11 Å². The van der Waals surface area contributed by atoms with Crippen LogP contribution in [0.1, 0.15) is 38.3 Å². The molecule has 1 saturated heterocycles. The van der Waals surface area contributed by atoms with Crippen LogP contribution in [0.2, 0.25) is 0 Å². The summed E-state index contributed by atoms with van der Waals surface area (Å²) >= 11 is 0. The smallest absolute Gasteiger partial charge is 0.407 e. The molecule has 1 N–H and O–H groups in total. The molecular formula is C25H31NO5. The summed E-state index contributed by atoms with van der Waals surface area (Å²) in [7, 11) is 1.63. The van der Waals surface area contributed by atoms with Crippen LogP contribution < -0.4 is 10.1 Å². The number of alkyl carbamates (subject to hydrolysis) is 1. The van der Waals surface area contributed by atoms with Crippen molar-refractivity contribution in [3.63, 3.8) is 0 Å². The van der Waals surface area contributed by atoms with E-state index >= 15 is 0 Å². The lowest BCUT2D eigenvalue weighted by molar-refractivity contribution is -0.144. The minimum atomic E-state index is -0.619. The Hall–Kier alpha value is -3.02. The number of carbonyl (C=O) groups is 2. The first kappa shape index (κ1) is 22.7. The maximum atomic E-state index is 12.8. The zero-order valence-corrected chi connectivity index (χ0v) is 18.6. The van der Waals surface area contributed by atoms with Gasteiger partial charge in [-0.2, -0.15) is 0 Å². The molecule has 1 aliphatic rings. The van der Waals surface area contributed by atoms with Crippen molar-refractivity contribution in [3.8, 4) is 5.75 Å². The molecular weight excluding hydrogens is 394 g/mol. The van der Waals surface area contributed by atoms with Gasteiger partial charge in [0.15, 0.2) is 0 Å². The van der Waals surface area contributed by atoms with Crippen LogP contribution in [0.15, 0.2) is 54.6 Å². The molecule has 166 valence electrons. The van der Waals surface area contributed by atoms with Gasteiger partial charge < -0.3 is 19.5 Å². The fourth-order valence-corrected chi connectivity index (χ4v) is 3.82. The summed E-state index contributed by atoms with van der Waals surface area (Å²) in [5.41, 5.74) is 1.46. The quantitative estimate of drug-likeness (QED) is 0.670. The van der Waals surface area contributed by atoms with E-state index in [-0.39, 0.29) is 12.1 Å². The van der Waals surface area contributed by atoms with Crippen LogP contribution in [-0.2, 0) is 27.1 Å². The molecule has 6 nitrogen and oxygen atoms in total. The standard InChI is InChI=1S/C25H31NO5/c1-25(2,3)31-24(28)26-22(15-17-9-6-5-7-10-17)21-16-20(30-23(21)27)14-18-11-8-12-19(13-18)29-4/h5-13,20-22H,14-16H2,1-4H3,(H,26,28)/t20-,21-,22+/m1/s1. The number of nitrogens with one attached hydrogen (secondary N) is 1. The molecule has 0 spiro atoms. The van der Waals surface area contributed by atoms with Gasteiger partial charge in [-0.15, -0.1) is 0 Å². The third kappa shape index (κ3) is 6.74. The largest absolute Gasteiger partial charge is 0.497 e. The summed E-state index contributed by atoms with van der Waals surface area (Å²) in [6.45, 7) is 5.44. The van der Waals surface area contributed by atoms with Gasteiger partial charge in [0.2, 0.25) is 0 Å². The maximum Gasteiger partial charge on any atom is 0.407 e. The zero-order chi connectivity index (χ0) is 22.4. The summed E-state index contributed by atoms with van der Waals surface area (Å²) < 4.78 is 16.4. The van der Waals surface area contributed by atoms with Gasteiger partial charge in [-0.05, 0) is 56.9 Å². The Balaban J connectivity index is 1.72. The van der Waals surface area contributed by atoms with Gasteiger partial charge in [0.25, 0.3) is 0 Å². The minimum Gasteiger partial charge on any atom is -0.497 e. The van der Waals surface area contributed by atoms with Gasteiger partial charge in [-0.1, -0.05) is 42.5 Å². The topological polar surface area (TPSA) is 73.9 Å². The second-order valence-electron chi connectivity index (χ2n) is 8.90. The summed E-state index contributed by atoms with van der Waals surface area (Å²) in [5.74, 6) is 0.0418. The second-order valence-corrected chi connectivity index (χ2v) is 8.90. The van der Waals surface area contributed by atoms with Crippen molar-refractivity contribution < 1.29 is 23.8 Å². The van der Waals surface area contributed by atoms with Crippen molar-refractivity contribution in [1.82, 2.24) is 5.32 Å². The number of amides is 1. The lowest BCUT2D eigenvalue weighted by Crippen LogP contribution is -2.45. The Labute approximate surface area is 183 Å². The highest BCUT2D eigenvalue weighted by atomic mass is 16.6. The second kappa shape index (κ2) is 9.86. The molecule has 1 amide bonds. The number of rotatable bonds is 7. The van der Waals surface area contributed by atoms with Gasteiger partial charge in [0.05, 0.1) is 13.0 Å². The zero-order valence-electron chi connectivity index (χ0n) is 18.6. The Bertz CT molecular complexity index is 890. The fourth-order valence-electron chi connectivity index (χ4n) is 3.82. The number of hydrogen-bond acceptors (Lipinski definition) is 5. The van der Waals surface area contributed by atoms with Crippen LogP contribution in [0.25, 0.3) is 0 Å². The molecule has 1 fully saturated rings. The van der Waals surface area contributed by atoms with Crippen LogP contribution in [0, 0.1) is 5.92 Å². The third-order valence-corrected chi connectivity index (χ3v) is 5.19. The monoisotopic (exact) mass is 425 g/mol. The fraction of sp³-hybridized carbons (Fsp3) is 0.440. The molecule has 0 aromatic heterocycles. The van der Waals surface area contributed by atoms with Gasteiger partial charge in [0, 0.05) is 12.5 Å². The van der Waals surface area contributed by atoms with Crippen molar-refractivity contribution in [2.24, 2.45) is 5.92 Å². The normalized spacial score (nSPS) is 19.4. The number of cyclic esters (lactones) is 1. The Kier molecular flexibility index (Phi) is 7.21. The minimum absolute atomic E-state index is 0.247. The first-order valence-electron chi connectivity index (χ1n) is 10.6. The van der Waals surface area contributed by atoms with E-state index in [0.29, 0.717) is 19.3 Å². The first-order chi connectivity index (χ1) is 14.7. The predicted molar refractivity (Wildman–Crippen MR) is 118 cm³/mol. The highest BCUT2D eigenvalue weighted by molar-refractivity contribution is 5.77. The van der Waals surface area contributed by atoms with Crippen molar-refractivity contribution in [3.05, 3.63) is 65.7 Å². The maximum absolute atomic E-state index is 12.8. The van der Waals surface area contributed by atoms with E-state index in [4.69, 9.17) is 14.2 Å². The lowest BCUT2D eigenvalue weighted by atomic mass is 9.89. The molecule has 2 aromatic carbocycles. The van der Waals surface area contributed by atoms with Crippen molar-refractivity contribution in [2.75, 3.05) is 7.11 Å². The average Bonchev–Trinajstić information content (AvgIpc) is 3.07. The number of carbonyl (C=O) groups excluding carboxylic acids is 2. The van der Waals surface area contributed by atoms with Gasteiger partial charge in [-0.3, -0.25) is 4.79 Å². The lowest BCUT2D eigenvalue weighted by Gasteiger charge is -2.26. The molecule has 0 bridgehead atoms. The molecule has 0 saturated carbocycles. The van der Waals surface area contributed by atoms with Crippen molar-refractivity contribution in [1.29, 1.82) is 0 Å². The highest BCUT2D eigenvalue weighted by Gasteiger charge is 2.41. The molecule has 3 atom stereocenters. The average molecular weight is 426 g/mol. The molecule has 0 radical (unpaired) electrons. The molecule has 1 aliphatic heterocycles.